The molecule has 30 heavy (non-hydrogen) atoms. The molecule has 2 aliphatic carbocycles. The van der Waals surface area contributed by atoms with Crippen LogP contribution in [-0.2, 0) is 9.53 Å². The summed E-state index contributed by atoms with van der Waals surface area (Å²) in [6, 6.07) is 6.96. The maximum atomic E-state index is 14.9. The van der Waals surface area contributed by atoms with E-state index >= 15 is 0 Å². The van der Waals surface area contributed by atoms with Gasteiger partial charge in [-0.2, -0.15) is 32.1 Å². The molecule has 2 saturated carbocycles. The average molecular weight is 468 g/mol. The topological polar surface area (TPSA) is 56.5 Å². The summed E-state index contributed by atoms with van der Waals surface area (Å²) in [4.78, 5) is 16.5. The first-order valence-corrected chi connectivity index (χ1v) is 9.95. The van der Waals surface area contributed by atoms with Crippen molar-refractivity contribution in [2.24, 2.45) is 5.92 Å². The van der Waals surface area contributed by atoms with Gasteiger partial charge in [-0.3, -0.25) is 4.79 Å². The number of esters is 1. The molecule has 2 fully saturated rings. The molecule has 0 aliphatic heterocycles. The summed E-state index contributed by atoms with van der Waals surface area (Å²) in [6.45, 7) is 2.15. The second-order valence-electron chi connectivity index (χ2n) is 7.53. The van der Waals surface area contributed by atoms with Crippen molar-refractivity contribution in [2.75, 3.05) is 6.61 Å². The number of rotatable bonds is 5. The number of fused-ring (bicyclic) bond motifs is 1. The molecule has 0 spiro atoms. The zero-order chi connectivity index (χ0) is 19.4. The number of halogens is 2. The Morgan fingerprint density at radius 3 is 2.73 bits per heavy atom. The van der Waals surface area contributed by atoms with Crippen LogP contribution in [0, 0.1) is 11.7 Å². The molecule has 0 unspecified atom stereocenters. The van der Waals surface area contributed by atoms with E-state index in [1.54, 1.807) is 23.7 Å². The van der Waals surface area contributed by atoms with E-state index < -0.39 is 0 Å². The number of aromatic nitrogens is 3. The van der Waals surface area contributed by atoms with E-state index in [-0.39, 0.29) is 50.6 Å². The van der Waals surface area contributed by atoms with Crippen LogP contribution >= 0.6 is 38.6 Å². The highest BCUT2D eigenvalue weighted by Crippen LogP contribution is 2.49. The minimum Gasteiger partial charge on any atom is -0.466 e. The third kappa shape index (κ3) is 4.18. The van der Waals surface area contributed by atoms with Crippen molar-refractivity contribution in [3.05, 3.63) is 52.6 Å². The van der Waals surface area contributed by atoms with Crippen LogP contribution in [0.15, 0.2) is 30.5 Å². The molecule has 0 N–H and O–H groups in total. The highest BCUT2D eigenvalue weighted by Gasteiger charge is 2.45. The Bertz CT molecular complexity index is 1100. The molecular weight excluding hydrogens is 445 g/mol. The number of ether oxygens (including phenoxy) is 1. The van der Waals surface area contributed by atoms with E-state index in [0.717, 1.165) is 29.6 Å². The lowest BCUT2D eigenvalue weighted by atomic mass is 10.0. The van der Waals surface area contributed by atoms with Crippen LogP contribution in [0.1, 0.15) is 49.1 Å². The van der Waals surface area contributed by atoms with Crippen LogP contribution in [0.4, 0.5) is 4.39 Å². The monoisotopic (exact) mass is 467 g/mol. The van der Waals surface area contributed by atoms with E-state index in [9.17, 15) is 9.18 Å². The maximum Gasteiger partial charge on any atom is 0.309 e. The molecule has 1 aromatic carbocycles. The van der Waals surface area contributed by atoms with E-state index in [2.05, 4.69) is 10.1 Å². The Labute approximate surface area is 192 Å². The molecule has 0 bridgehead atoms. The molecule has 5 nitrogen and oxygen atoms in total. The average Bonchev–Trinajstić information content (AvgIpc) is 3.57. The van der Waals surface area contributed by atoms with Gasteiger partial charge in [0, 0.05) is 11.1 Å². The molecular formula is C21H23ClFN3O2S2. The van der Waals surface area contributed by atoms with E-state index in [1.165, 1.54) is 6.07 Å². The standard InChI is InChI=1S/C21H19ClFN3O2.2H2S/c1-2-28-21(27)16-8-14(16)12-5-6-13(17(23)7-12)18-10-26-20(24-18)15(11-3-4-11)9-19(22)25-26;;/h5-7,9-11,14,16H,2-4,8H2,1H3;2*1H2/t14-,16+;;/m1../s1. The normalized spacial score (nSPS) is 19.7. The number of hydrogen-bond acceptors (Lipinski definition) is 4. The fourth-order valence-electron chi connectivity index (χ4n) is 3.84. The van der Waals surface area contributed by atoms with Gasteiger partial charge in [0.2, 0.25) is 0 Å². The predicted octanol–water partition coefficient (Wildman–Crippen LogP) is 4.96. The van der Waals surface area contributed by atoms with Gasteiger partial charge in [0.15, 0.2) is 5.65 Å². The first-order valence-electron chi connectivity index (χ1n) is 9.57. The summed E-state index contributed by atoms with van der Waals surface area (Å²) in [7, 11) is 0. The highest BCUT2D eigenvalue weighted by molar-refractivity contribution is 7.59. The molecule has 160 valence electrons. The van der Waals surface area contributed by atoms with Crippen LogP contribution in [0.2, 0.25) is 5.15 Å². The van der Waals surface area contributed by atoms with Crippen LogP contribution in [0.25, 0.3) is 16.9 Å². The van der Waals surface area contributed by atoms with Gasteiger partial charge < -0.3 is 4.74 Å². The van der Waals surface area contributed by atoms with Crippen molar-refractivity contribution in [3.8, 4) is 11.3 Å². The maximum absolute atomic E-state index is 14.9. The highest BCUT2D eigenvalue weighted by atomic mass is 35.5. The van der Waals surface area contributed by atoms with Gasteiger partial charge in [0.1, 0.15) is 11.0 Å². The van der Waals surface area contributed by atoms with Crippen LogP contribution in [0.3, 0.4) is 0 Å². The number of carbonyl (C=O) groups excluding carboxylic acids is 1. The lowest BCUT2D eigenvalue weighted by molar-refractivity contribution is -0.144. The summed E-state index contributed by atoms with van der Waals surface area (Å²) < 4.78 is 21.6. The van der Waals surface area contributed by atoms with E-state index in [1.807, 2.05) is 12.1 Å². The first kappa shape index (κ1) is 22.9. The molecule has 2 heterocycles. The quantitative estimate of drug-likeness (QED) is 0.498. The Morgan fingerprint density at radius 1 is 1.30 bits per heavy atom. The SMILES string of the molecule is CCOC(=O)[C@H]1C[C@@H]1c1ccc(-c2cn3nc(Cl)cc(C4CC4)c3n2)c(F)c1.S.S. The third-order valence-corrected chi connectivity index (χ3v) is 5.70. The lowest BCUT2D eigenvalue weighted by Gasteiger charge is -2.04. The molecule has 0 amide bonds. The van der Waals surface area contributed by atoms with Gasteiger partial charge >= 0.3 is 5.97 Å². The van der Waals surface area contributed by atoms with Crippen molar-refractivity contribution >= 4 is 50.2 Å². The number of benzene rings is 1. The Kier molecular flexibility index (Phi) is 6.69. The molecule has 2 atom stereocenters. The fourth-order valence-corrected chi connectivity index (χ4v) is 4.04. The zero-order valence-corrected chi connectivity index (χ0v) is 19.1. The largest absolute Gasteiger partial charge is 0.466 e. The second kappa shape index (κ2) is 8.77. The molecule has 0 radical (unpaired) electrons. The summed E-state index contributed by atoms with van der Waals surface area (Å²) in [6.07, 6.45) is 4.65. The summed E-state index contributed by atoms with van der Waals surface area (Å²) in [5.41, 5.74) is 3.57. The number of carbonyl (C=O) groups is 1. The predicted molar refractivity (Wildman–Crippen MR) is 124 cm³/mol. The minimum absolute atomic E-state index is 0. The molecule has 2 aliphatic rings. The van der Waals surface area contributed by atoms with Crippen molar-refractivity contribution < 1.29 is 13.9 Å². The molecule has 2 aromatic heterocycles. The van der Waals surface area contributed by atoms with Gasteiger partial charge in [0.25, 0.3) is 0 Å². The molecule has 5 rings (SSSR count). The minimum atomic E-state index is -0.352. The summed E-state index contributed by atoms with van der Waals surface area (Å²) in [5.74, 6) is -0.221. The van der Waals surface area contributed by atoms with Crippen LogP contribution in [0.5, 0.6) is 0 Å². The number of hydrogen-bond donors (Lipinski definition) is 0. The Hall–Kier alpha value is -1.77. The molecule has 0 saturated heterocycles. The Morgan fingerprint density at radius 2 is 2.07 bits per heavy atom. The van der Waals surface area contributed by atoms with Gasteiger partial charge in [-0.1, -0.05) is 17.7 Å². The summed E-state index contributed by atoms with van der Waals surface area (Å²) in [5, 5.41) is 4.68. The number of nitrogens with zero attached hydrogens (tertiary/aromatic N) is 3. The van der Waals surface area contributed by atoms with Gasteiger partial charge in [-0.25, -0.2) is 13.9 Å². The number of imidazole rings is 1. The Balaban J connectivity index is 0.00000128. The lowest BCUT2D eigenvalue weighted by Crippen LogP contribution is -2.07. The first-order chi connectivity index (χ1) is 13.5. The van der Waals surface area contributed by atoms with Crippen LogP contribution < -0.4 is 0 Å². The van der Waals surface area contributed by atoms with Crippen molar-refractivity contribution in [2.45, 2.75) is 38.0 Å². The van der Waals surface area contributed by atoms with Gasteiger partial charge in [0.05, 0.1) is 24.4 Å². The van der Waals surface area contributed by atoms with Crippen molar-refractivity contribution in [1.82, 2.24) is 14.6 Å². The summed E-state index contributed by atoms with van der Waals surface area (Å²) >= 11 is 6.13. The fraction of sp³-hybridized carbons (Fsp3) is 0.381. The van der Waals surface area contributed by atoms with Gasteiger partial charge in [-0.15, -0.1) is 0 Å². The third-order valence-electron chi connectivity index (χ3n) is 5.52. The van der Waals surface area contributed by atoms with E-state index in [4.69, 9.17) is 16.3 Å². The van der Waals surface area contributed by atoms with Crippen LogP contribution in [-0.4, -0.2) is 27.2 Å². The smallest absolute Gasteiger partial charge is 0.309 e. The zero-order valence-electron chi connectivity index (χ0n) is 16.4. The molecule has 3 aromatic rings. The van der Waals surface area contributed by atoms with Crippen molar-refractivity contribution in [1.29, 1.82) is 0 Å². The molecule has 9 heteroatoms. The van der Waals surface area contributed by atoms with Crippen molar-refractivity contribution in [3.63, 3.8) is 0 Å². The second-order valence-corrected chi connectivity index (χ2v) is 7.92. The van der Waals surface area contributed by atoms with Gasteiger partial charge in [-0.05, 0) is 61.8 Å². The van der Waals surface area contributed by atoms with E-state index in [0.29, 0.717) is 35.4 Å².